The smallest absolute Gasteiger partial charge is 0.387 e. The summed E-state index contributed by atoms with van der Waals surface area (Å²) in [5, 5.41) is 1.92. The van der Waals surface area contributed by atoms with Crippen molar-refractivity contribution in [3.05, 3.63) is 76.3 Å². The Morgan fingerprint density at radius 2 is 1.97 bits per heavy atom. The highest BCUT2D eigenvalue weighted by molar-refractivity contribution is 7.07. The van der Waals surface area contributed by atoms with Gasteiger partial charge >= 0.3 is 6.61 Å². The van der Waals surface area contributed by atoms with E-state index in [1.165, 1.54) is 42.7 Å². The first-order chi connectivity index (χ1) is 14.0. The highest BCUT2D eigenvalue weighted by Gasteiger charge is 2.13. The van der Waals surface area contributed by atoms with Crippen LogP contribution in [-0.4, -0.2) is 24.5 Å². The van der Waals surface area contributed by atoms with Crippen LogP contribution in [0, 0.1) is 0 Å². The Hall–Kier alpha value is -3.26. The van der Waals surface area contributed by atoms with Crippen LogP contribution < -0.4 is 14.2 Å². The molecule has 3 rings (SSSR count). The maximum atomic E-state index is 12.4. The molecule has 0 amide bonds. The summed E-state index contributed by atoms with van der Waals surface area (Å²) < 4.78 is 39.8. The number of ketones is 1. The first kappa shape index (κ1) is 20.5. The molecule has 0 bridgehead atoms. The number of ether oxygens (including phenoxy) is 3. The number of benzene rings is 2. The van der Waals surface area contributed by atoms with E-state index >= 15 is 0 Å². The van der Waals surface area contributed by atoms with Crippen molar-refractivity contribution in [2.24, 2.45) is 0 Å². The molecule has 0 fully saturated rings. The lowest BCUT2D eigenvalue weighted by Gasteiger charge is -2.10. The fourth-order valence-electron chi connectivity index (χ4n) is 2.42. The molecule has 5 nitrogen and oxygen atoms in total. The van der Waals surface area contributed by atoms with Crippen molar-refractivity contribution < 1.29 is 27.8 Å². The summed E-state index contributed by atoms with van der Waals surface area (Å²) >= 11 is 1.51. The Labute approximate surface area is 170 Å². The zero-order valence-corrected chi connectivity index (χ0v) is 16.2. The third-order valence-corrected chi connectivity index (χ3v) is 4.48. The van der Waals surface area contributed by atoms with Crippen molar-refractivity contribution in [2.45, 2.75) is 13.2 Å². The maximum Gasteiger partial charge on any atom is 0.387 e. The zero-order valence-electron chi connectivity index (χ0n) is 15.4. The molecule has 0 saturated heterocycles. The predicted molar refractivity (Wildman–Crippen MR) is 106 cm³/mol. The van der Waals surface area contributed by atoms with Crippen LogP contribution in [0.15, 0.2) is 59.4 Å². The van der Waals surface area contributed by atoms with Crippen LogP contribution in [0.1, 0.15) is 21.6 Å². The van der Waals surface area contributed by atoms with Crippen LogP contribution in [0.25, 0.3) is 6.08 Å². The average Bonchev–Trinajstić information content (AvgIpc) is 3.25. The van der Waals surface area contributed by atoms with Gasteiger partial charge in [0.1, 0.15) is 12.4 Å². The van der Waals surface area contributed by atoms with Crippen LogP contribution in [0.2, 0.25) is 0 Å². The van der Waals surface area contributed by atoms with Crippen molar-refractivity contribution in [1.82, 2.24) is 4.98 Å². The third-order valence-electron chi connectivity index (χ3n) is 3.84. The number of methoxy groups -OCH3 is 1. The highest BCUT2D eigenvalue weighted by atomic mass is 32.1. The van der Waals surface area contributed by atoms with Crippen LogP contribution >= 0.6 is 11.3 Å². The van der Waals surface area contributed by atoms with E-state index in [1.54, 1.807) is 23.7 Å². The fourth-order valence-corrected chi connectivity index (χ4v) is 2.97. The number of nitrogens with zero attached hydrogens (tertiary/aromatic N) is 1. The van der Waals surface area contributed by atoms with Gasteiger partial charge in [-0.25, -0.2) is 4.98 Å². The summed E-state index contributed by atoms with van der Waals surface area (Å²) in [4.78, 5) is 16.5. The Bertz CT molecular complexity index is 973. The van der Waals surface area contributed by atoms with Crippen LogP contribution in [0.4, 0.5) is 8.78 Å². The lowest BCUT2D eigenvalue weighted by atomic mass is 10.1. The van der Waals surface area contributed by atoms with Crippen molar-refractivity contribution >= 4 is 23.2 Å². The average molecular weight is 417 g/mol. The molecule has 1 aromatic heterocycles. The number of carbonyl (C=O) groups excluding carboxylic acids is 1. The second-order valence-electron chi connectivity index (χ2n) is 5.78. The Kier molecular flexibility index (Phi) is 6.91. The molecule has 29 heavy (non-hydrogen) atoms. The van der Waals surface area contributed by atoms with Gasteiger partial charge in [0.15, 0.2) is 17.3 Å². The SMILES string of the molecule is COc1cc(C(=O)/C=C/c2ccc(OCc3cscn3)cc2)ccc1OC(F)F. The van der Waals surface area contributed by atoms with Crippen LogP contribution in [0.5, 0.6) is 17.2 Å². The molecule has 8 heteroatoms. The van der Waals surface area contributed by atoms with Crippen molar-refractivity contribution in [3.8, 4) is 17.2 Å². The quantitative estimate of drug-likeness (QED) is 0.353. The number of hydrogen-bond acceptors (Lipinski definition) is 6. The van der Waals surface area contributed by atoms with E-state index in [0.29, 0.717) is 17.9 Å². The Balaban J connectivity index is 1.62. The largest absolute Gasteiger partial charge is 0.493 e. The van der Waals surface area contributed by atoms with E-state index in [4.69, 9.17) is 9.47 Å². The molecule has 0 atom stereocenters. The summed E-state index contributed by atoms with van der Waals surface area (Å²) in [5.41, 5.74) is 3.72. The first-order valence-corrected chi connectivity index (χ1v) is 9.44. The van der Waals surface area contributed by atoms with Crippen LogP contribution in [0.3, 0.4) is 0 Å². The summed E-state index contributed by atoms with van der Waals surface area (Å²) in [6.45, 7) is -2.58. The molecule has 1 heterocycles. The monoisotopic (exact) mass is 417 g/mol. The second kappa shape index (κ2) is 9.79. The number of aromatic nitrogens is 1. The minimum Gasteiger partial charge on any atom is -0.493 e. The van der Waals surface area contributed by atoms with Gasteiger partial charge in [-0.2, -0.15) is 8.78 Å². The highest BCUT2D eigenvalue weighted by Crippen LogP contribution is 2.29. The third kappa shape index (κ3) is 5.86. The minimum absolute atomic E-state index is 0.0613. The molecule has 0 saturated carbocycles. The molecular weight excluding hydrogens is 400 g/mol. The van der Waals surface area contributed by atoms with Gasteiger partial charge in [-0.3, -0.25) is 4.79 Å². The summed E-state index contributed by atoms with van der Waals surface area (Å²) in [6, 6.07) is 11.3. The normalized spacial score (nSPS) is 11.0. The van der Waals surface area contributed by atoms with Gasteiger partial charge in [-0.1, -0.05) is 18.2 Å². The van der Waals surface area contributed by atoms with Gasteiger partial charge in [0, 0.05) is 10.9 Å². The van der Waals surface area contributed by atoms with Crippen molar-refractivity contribution in [2.75, 3.05) is 7.11 Å². The molecule has 2 aromatic carbocycles. The van der Waals surface area contributed by atoms with Crippen LogP contribution in [-0.2, 0) is 6.61 Å². The number of allylic oxidation sites excluding steroid dienone is 1. The molecule has 150 valence electrons. The van der Waals surface area contributed by atoms with E-state index in [9.17, 15) is 13.6 Å². The van der Waals surface area contributed by atoms with Gasteiger partial charge in [0.2, 0.25) is 0 Å². The molecule has 0 N–H and O–H groups in total. The van der Waals surface area contributed by atoms with Gasteiger partial charge in [-0.15, -0.1) is 11.3 Å². The molecule has 0 unspecified atom stereocenters. The number of alkyl halides is 2. The fraction of sp³-hybridized carbons (Fsp3) is 0.143. The molecular formula is C21H17F2NO4S. The summed E-state index contributed by atoms with van der Waals surface area (Å²) in [7, 11) is 1.32. The van der Waals surface area contributed by atoms with Gasteiger partial charge in [0.05, 0.1) is 18.3 Å². The van der Waals surface area contributed by atoms with E-state index in [-0.39, 0.29) is 17.3 Å². The topological polar surface area (TPSA) is 57.7 Å². The lowest BCUT2D eigenvalue weighted by Crippen LogP contribution is -2.04. The molecule has 0 radical (unpaired) electrons. The molecule has 0 aliphatic carbocycles. The molecule has 3 aromatic rings. The molecule has 0 spiro atoms. The van der Waals surface area contributed by atoms with Crippen molar-refractivity contribution in [1.29, 1.82) is 0 Å². The van der Waals surface area contributed by atoms with Gasteiger partial charge in [0.25, 0.3) is 0 Å². The van der Waals surface area contributed by atoms with E-state index in [2.05, 4.69) is 9.72 Å². The Morgan fingerprint density at radius 3 is 2.62 bits per heavy atom. The zero-order chi connectivity index (χ0) is 20.6. The molecule has 0 aliphatic rings. The first-order valence-electron chi connectivity index (χ1n) is 8.50. The predicted octanol–water partition coefficient (Wildman–Crippen LogP) is 5.23. The van der Waals surface area contributed by atoms with E-state index in [1.807, 2.05) is 17.5 Å². The van der Waals surface area contributed by atoms with E-state index < -0.39 is 6.61 Å². The summed E-state index contributed by atoms with van der Waals surface area (Å²) in [6.07, 6.45) is 3.05. The van der Waals surface area contributed by atoms with Gasteiger partial charge < -0.3 is 14.2 Å². The number of rotatable bonds is 9. The van der Waals surface area contributed by atoms with Gasteiger partial charge in [-0.05, 0) is 42.0 Å². The number of halogens is 2. The molecule has 0 aliphatic heterocycles. The van der Waals surface area contributed by atoms with E-state index in [0.717, 1.165) is 11.3 Å². The number of thiazole rings is 1. The summed E-state index contributed by atoms with van der Waals surface area (Å²) in [5.74, 6) is 0.332. The maximum absolute atomic E-state index is 12.4. The standard InChI is InChI=1S/C21H17F2NO4S/c1-26-20-10-15(5-9-19(20)28-21(22)23)18(25)8-4-14-2-6-17(7-3-14)27-11-16-12-29-13-24-16/h2-10,12-13,21H,11H2,1H3/b8-4+. The van der Waals surface area contributed by atoms with Crippen molar-refractivity contribution in [3.63, 3.8) is 0 Å². The lowest BCUT2D eigenvalue weighted by molar-refractivity contribution is -0.0512. The number of carbonyl (C=O) groups is 1. The Morgan fingerprint density at radius 1 is 1.17 bits per heavy atom. The second-order valence-corrected chi connectivity index (χ2v) is 6.50. The number of hydrogen-bond donors (Lipinski definition) is 0. The minimum atomic E-state index is -2.97.